The van der Waals surface area contributed by atoms with Crippen molar-refractivity contribution in [2.45, 2.75) is 44.6 Å². The number of nitrogens with one attached hydrogen (secondary N) is 2. The van der Waals surface area contributed by atoms with E-state index in [-0.39, 0.29) is 16.8 Å². The van der Waals surface area contributed by atoms with E-state index in [2.05, 4.69) is 10.0 Å². The minimum atomic E-state index is -3.77. The van der Waals surface area contributed by atoms with Gasteiger partial charge in [0.05, 0.1) is 10.6 Å². The highest BCUT2D eigenvalue weighted by Gasteiger charge is 2.17. The van der Waals surface area contributed by atoms with Gasteiger partial charge in [0.25, 0.3) is 15.9 Å². The number of carbonyl (C=O) groups is 1. The Labute approximate surface area is 159 Å². The molecule has 26 heavy (non-hydrogen) atoms. The average Bonchev–Trinajstić information content (AvgIpc) is 2.61. The zero-order valence-corrected chi connectivity index (χ0v) is 16.6. The van der Waals surface area contributed by atoms with E-state index in [0.717, 1.165) is 18.4 Å². The van der Waals surface area contributed by atoms with E-state index in [4.69, 9.17) is 11.6 Å². The third kappa shape index (κ3) is 4.99. The van der Waals surface area contributed by atoms with Gasteiger partial charge in [0.15, 0.2) is 0 Å². The zero-order valence-electron chi connectivity index (χ0n) is 15.0. The number of rotatable bonds is 7. The van der Waals surface area contributed by atoms with Crippen LogP contribution >= 0.6 is 11.6 Å². The van der Waals surface area contributed by atoms with Crippen LogP contribution in [0.1, 0.15) is 42.6 Å². The summed E-state index contributed by atoms with van der Waals surface area (Å²) >= 11 is 5.81. The first-order valence-electron chi connectivity index (χ1n) is 8.46. The number of hydrogen-bond acceptors (Lipinski definition) is 3. The van der Waals surface area contributed by atoms with Crippen LogP contribution in [0.15, 0.2) is 47.4 Å². The van der Waals surface area contributed by atoms with Crippen molar-refractivity contribution in [1.29, 1.82) is 0 Å². The van der Waals surface area contributed by atoms with Gasteiger partial charge >= 0.3 is 0 Å². The normalized spacial score (nSPS) is 11.4. The Hall–Kier alpha value is -2.05. The number of sulfonamides is 1. The molecule has 0 fully saturated rings. The van der Waals surface area contributed by atoms with E-state index in [1.807, 2.05) is 13.8 Å². The molecule has 0 radical (unpaired) electrons. The molecule has 2 aromatic carbocycles. The lowest BCUT2D eigenvalue weighted by Crippen LogP contribution is -2.33. The molecule has 0 unspecified atom stereocenters. The van der Waals surface area contributed by atoms with Crippen LogP contribution in [-0.4, -0.2) is 20.4 Å². The van der Waals surface area contributed by atoms with Gasteiger partial charge < -0.3 is 5.32 Å². The van der Waals surface area contributed by atoms with Crippen molar-refractivity contribution in [3.8, 4) is 0 Å². The molecule has 2 aromatic rings. The quantitative estimate of drug-likeness (QED) is 0.732. The second-order valence-electron chi connectivity index (χ2n) is 6.08. The third-order valence-electron chi connectivity index (χ3n) is 4.19. The number of hydrogen-bond donors (Lipinski definition) is 2. The summed E-state index contributed by atoms with van der Waals surface area (Å²) in [6.07, 6.45) is 1.67. The smallest absolute Gasteiger partial charge is 0.261 e. The van der Waals surface area contributed by atoms with Gasteiger partial charge in [-0.3, -0.25) is 9.52 Å². The van der Waals surface area contributed by atoms with Crippen molar-refractivity contribution in [3.05, 3.63) is 58.6 Å². The van der Waals surface area contributed by atoms with Crippen LogP contribution < -0.4 is 10.0 Å². The lowest BCUT2D eigenvalue weighted by molar-refractivity contribution is 0.0935. The summed E-state index contributed by atoms with van der Waals surface area (Å²) in [5, 5.41) is 3.41. The Balaban J connectivity index is 2.27. The van der Waals surface area contributed by atoms with Gasteiger partial charge in [-0.1, -0.05) is 31.5 Å². The van der Waals surface area contributed by atoms with E-state index in [0.29, 0.717) is 16.3 Å². The summed E-state index contributed by atoms with van der Waals surface area (Å²) < 4.78 is 27.7. The molecular weight excluding hydrogens is 372 g/mol. The van der Waals surface area contributed by atoms with E-state index < -0.39 is 10.0 Å². The molecule has 7 heteroatoms. The van der Waals surface area contributed by atoms with Crippen molar-refractivity contribution >= 4 is 33.2 Å². The summed E-state index contributed by atoms with van der Waals surface area (Å²) in [5.41, 5.74) is 1.51. The lowest BCUT2D eigenvalue weighted by Gasteiger charge is -2.16. The van der Waals surface area contributed by atoms with E-state index >= 15 is 0 Å². The molecule has 2 N–H and O–H groups in total. The Bertz CT molecular complexity index is 876. The summed E-state index contributed by atoms with van der Waals surface area (Å²) in [4.78, 5) is 12.5. The second kappa shape index (κ2) is 8.56. The SMILES string of the molecule is CCC(CC)NC(=O)c1ccc(C)c(NS(=O)(=O)c2ccc(Cl)cc2)c1. The number of anilines is 1. The number of halogens is 1. The van der Waals surface area contributed by atoms with E-state index in [1.54, 1.807) is 25.1 Å². The molecule has 0 saturated carbocycles. The van der Waals surface area contributed by atoms with Gasteiger partial charge in [-0.2, -0.15) is 0 Å². The fourth-order valence-corrected chi connectivity index (χ4v) is 3.70. The van der Waals surface area contributed by atoms with E-state index in [9.17, 15) is 13.2 Å². The van der Waals surface area contributed by atoms with Crippen LogP contribution in [-0.2, 0) is 10.0 Å². The highest BCUT2D eigenvalue weighted by molar-refractivity contribution is 7.92. The highest BCUT2D eigenvalue weighted by atomic mass is 35.5. The molecule has 0 spiro atoms. The second-order valence-corrected chi connectivity index (χ2v) is 8.19. The lowest BCUT2D eigenvalue weighted by atomic mass is 10.1. The van der Waals surface area contributed by atoms with Crippen LogP contribution in [0.3, 0.4) is 0 Å². The number of carbonyl (C=O) groups excluding carboxylic acids is 1. The molecule has 0 aliphatic rings. The highest BCUT2D eigenvalue weighted by Crippen LogP contribution is 2.22. The fourth-order valence-electron chi connectivity index (χ4n) is 2.45. The standard InChI is InChI=1S/C19H23ClN2O3S/c1-4-16(5-2)21-19(23)14-7-6-13(3)18(12-14)22-26(24,25)17-10-8-15(20)9-11-17/h6-12,16,22H,4-5H2,1-3H3,(H,21,23). The number of benzene rings is 2. The summed E-state index contributed by atoms with van der Waals surface area (Å²) in [5.74, 6) is -0.217. The van der Waals surface area contributed by atoms with Gasteiger partial charge in [-0.25, -0.2) is 8.42 Å². The van der Waals surface area contributed by atoms with Crippen molar-refractivity contribution < 1.29 is 13.2 Å². The first-order valence-corrected chi connectivity index (χ1v) is 10.3. The Morgan fingerprint density at radius 3 is 2.27 bits per heavy atom. The van der Waals surface area contributed by atoms with Crippen LogP contribution in [0.2, 0.25) is 5.02 Å². The molecule has 2 rings (SSSR count). The number of amides is 1. The Kier molecular flexibility index (Phi) is 6.67. The molecule has 0 aliphatic carbocycles. The van der Waals surface area contributed by atoms with E-state index in [1.165, 1.54) is 24.3 Å². The molecule has 0 aromatic heterocycles. The molecule has 5 nitrogen and oxygen atoms in total. The molecule has 0 heterocycles. The zero-order chi connectivity index (χ0) is 19.3. The topological polar surface area (TPSA) is 75.3 Å². The fraction of sp³-hybridized carbons (Fsp3) is 0.316. The average molecular weight is 395 g/mol. The van der Waals surface area contributed by atoms with Crippen LogP contribution in [0.25, 0.3) is 0 Å². The Morgan fingerprint density at radius 2 is 1.69 bits per heavy atom. The summed E-state index contributed by atoms with van der Waals surface area (Å²) in [6.45, 7) is 5.80. The van der Waals surface area contributed by atoms with Gasteiger partial charge in [0.1, 0.15) is 0 Å². The largest absolute Gasteiger partial charge is 0.349 e. The van der Waals surface area contributed by atoms with Crippen molar-refractivity contribution in [1.82, 2.24) is 5.32 Å². The van der Waals surface area contributed by atoms with Crippen molar-refractivity contribution in [2.24, 2.45) is 0 Å². The molecule has 0 bridgehead atoms. The maximum absolute atomic E-state index is 12.6. The van der Waals surface area contributed by atoms with Crippen LogP contribution in [0.4, 0.5) is 5.69 Å². The first kappa shape index (κ1) is 20.3. The van der Waals surface area contributed by atoms with Crippen molar-refractivity contribution in [3.63, 3.8) is 0 Å². The Morgan fingerprint density at radius 1 is 1.08 bits per heavy atom. The monoisotopic (exact) mass is 394 g/mol. The predicted molar refractivity (Wildman–Crippen MR) is 105 cm³/mol. The minimum absolute atomic E-state index is 0.0954. The molecule has 140 valence electrons. The predicted octanol–water partition coefficient (Wildman–Crippen LogP) is 4.37. The van der Waals surface area contributed by atoms with Gasteiger partial charge in [0, 0.05) is 16.6 Å². The maximum Gasteiger partial charge on any atom is 0.261 e. The molecule has 0 saturated heterocycles. The first-order chi connectivity index (χ1) is 12.3. The molecule has 1 amide bonds. The summed E-state index contributed by atoms with van der Waals surface area (Å²) in [6, 6.07) is 11.0. The van der Waals surface area contributed by atoms with Gasteiger partial charge in [0.2, 0.25) is 0 Å². The number of aryl methyl sites for hydroxylation is 1. The summed E-state index contributed by atoms with van der Waals surface area (Å²) in [7, 11) is -3.77. The van der Waals surface area contributed by atoms with Crippen LogP contribution in [0.5, 0.6) is 0 Å². The van der Waals surface area contributed by atoms with Gasteiger partial charge in [-0.05, 0) is 61.7 Å². The van der Waals surface area contributed by atoms with Gasteiger partial charge in [-0.15, -0.1) is 0 Å². The van der Waals surface area contributed by atoms with Crippen LogP contribution in [0, 0.1) is 6.92 Å². The third-order valence-corrected chi connectivity index (χ3v) is 5.82. The maximum atomic E-state index is 12.6. The van der Waals surface area contributed by atoms with Crippen molar-refractivity contribution in [2.75, 3.05) is 4.72 Å². The minimum Gasteiger partial charge on any atom is -0.349 e. The molecule has 0 atom stereocenters. The molecular formula is C19H23ClN2O3S. The molecule has 0 aliphatic heterocycles.